The van der Waals surface area contributed by atoms with E-state index in [9.17, 15) is 24.6 Å². The maximum atomic E-state index is 12.1. The average Bonchev–Trinajstić information content (AvgIpc) is 2.55. The van der Waals surface area contributed by atoms with Crippen LogP contribution in [0.2, 0.25) is 0 Å². The number of aryl methyl sites for hydroxylation is 1. The quantitative estimate of drug-likeness (QED) is 0.438. The highest BCUT2D eigenvalue weighted by molar-refractivity contribution is 7.98. The van der Waals surface area contributed by atoms with Crippen molar-refractivity contribution >= 4 is 34.6 Å². The number of carboxylic acids is 1. The molecular weight excluding hydrogens is 350 g/mol. The summed E-state index contributed by atoms with van der Waals surface area (Å²) in [5, 5.41) is 31.1. The van der Waals surface area contributed by atoms with Crippen LogP contribution in [0.5, 0.6) is 11.5 Å². The molecule has 1 amide bonds. The topological polar surface area (TPSA) is 137 Å². The van der Waals surface area contributed by atoms with Crippen LogP contribution in [-0.2, 0) is 16.0 Å². The molecule has 0 saturated carbocycles. The van der Waals surface area contributed by atoms with Gasteiger partial charge in [-0.15, -0.1) is 0 Å². The number of hydrogen-bond acceptors (Lipinski definition) is 7. The molecule has 8 nitrogen and oxygen atoms in total. The highest BCUT2D eigenvalue weighted by atomic mass is 32.2. The lowest BCUT2D eigenvalue weighted by Gasteiger charge is -2.14. The van der Waals surface area contributed by atoms with E-state index in [0.29, 0.717) is 10.9 Å². The van der Waals surface area contributed by atoms with Gasteiger partial charge in [0, 0.05) is 11.1 Å². The average molecular weight is 367 g/mol. The number of hydrogen-bond donors (Lipinski definition) is 4. The first-order valence-electron chi connectivity index (χ1n) is 7.24. The van der Waals surface area contributed by atoms with Crippen LogP contribution in [0.15, 0.2) is 21.3 Å². The van der Waals surface area contributed by atoms with E-state index in [2.05, 4.69) is 5.32 Å². The van der Waals surface area contributed by atoms with Crippen molar-refractivity contribution in [3.05, 3.63) is 33.7 Å². The fraction of sp³-hybridized carbons (Fsp3) is 0.312. The van der Waals surface area contributed by atoms with Crippen molar-refractivity contribution in [2.45, 2.75) is 19.4 Å². The minimum atomic E-state index is -1.16. The van der Waals surface area contributed by atoms with E-state index in [1.807, 2.05) is 0 Å². The van der Waals surface area contributed by atoms with Gasteiger partial charge in [0.15, 0.2) is 11.3 Å². The van der Waals surface area contributed by atoms with Crippen LogP contribution in [0.25, 0.3) is 11.0 Å². The van der Waals surface area contributed by atoms with E-state index in [4.69, 9.17) is 9.52 Å². The number of thioether (sulfide) groups is 1. The van der Waals surface area contributed by atoms with Gasteiger partial charge in [-0.3, -0.25) is 4.79 Å². The predicted octanol–water partition coefficient (Wildman–Crippen LogP) is 0.988. The van der Waals surface area contributed by atoms with E-state index in [1.54, 1.807) is 13.2 Å². The van der Waals surface area contributed by atoms with Gasteiger partial charge in [0.1, 0.15) is 6.04 Å². The Bertz CT molecular complexity index is 890. The molecule has 0 radical (unpaired) electrons. The molecule has 25 heavy (non-hydrogen) atoms. The number of fused-ring (bicyclic) bond motifs is 1. The van der Waals surface area contributed by atoms with Crippen molar-refractivity contribution in [3.8, 4) is 11.5 Å². The molecule has 2 rings (SSSR count). The van der Waals surface area contributed by atoms with Crippen molar-refractivity contribution in [3.63, 3.8) is 0 Å². The molecule has 4 N–H and O–H groups in total. The minimum absolute atomic E-state index is 0.0587. The summed E-state index contributed by atoms with van der Waals surface area (Å²) >= 11 is 1.27. The number of rotatable bonds is 6. The Morgan fingerprint density at radius 3 is 2.60 bits per heavy atom. The van der Waals surface area contributed by atoms with Gasteiger partial charge in [0.05, 0.1) is 12.0 Å². The lowest BCUT2D eigenvalue weighted by atomic mass is 10.0. The molecule has 0 spiro atoms. The summed E-state index contributed by atoms with van der Waals surface area (Å²) in [6.45, 7) is 1.58. The van der Waals surface area contributed by atoms with E-state index in [1.165, 1.54) is 23.9 Å². The van der Waals surface area contributed by atoms with Gasteiger partial charge in [0.2, 0.25) is 11.7 Å². The van der Waals surface area contributed by atoms with Crippen LogP contribution in [0, 0.1) is 6.92 Å². The summed E-state index contributed by atoms with van der Waals surface area (Å²) in [7, 11) is 0. The Balaban J connectivity index is 2.35. The van der Waals surface area contributed by atoms with E-state index >= 15 is 0 Å². The summed E-state index contributed by atoms with van der Waals surface area (Å²) in [6.07, 6.45) is 1.36. The van der Waals surface area contributed by atoms with E-state index in [-0.39, 0.29) is 23.3 Å². The second kappa shape index (κ2) is 7.47. The summed E-state index contributed by atoms with van der Waals surface area (Å²) in [5.74, 6) is -2.58. The van der Waals surface area contributed by atoms with Crippen LogP contribution in [0.1, 0.15) is 11.1 Å². The van der Waals surface area contributed by atoms with Gasteiger partial charge < -0.3 is 25.1 Å². The molecule has 0 fully saturated rings. The number of carbonyl (C=O) groups is 2. The van der Waals surface area contributed by atoms with Gasteiger partial charge in [-0.25, -0.2) is 9.59 Å². The van der Waals surface area contributed by atoms with Gasteiger partial charge >= 0.3 is 11.6 Å². The van der Waals surface area contributed by atoms with Crippen molar-refractivity contribution in [2.24, 2.45) is 0 Å². The molecule has 0 aliphatic carbocycles. The van der Waals surface area contributed by atoms with Crippen LogP contribution in [-0.4, -0.2) is 45.2 Å². The number of phenolic OH excluding ortho intramolecular Hbond substituents is 2. The SMILES string of the molecule is CSC[C@H](NC(=O)Cc1c(C)c2ccc(O)c(O)c2oc1=O)C(=O)O. The molecule has 1 aromatic heterocycles. The number of aromatic hydroxyl groups is 2. The summed E-state index contributed by atoms with van der Waals surface area (Å²) < 4.78 is 5.02. The van der Waals surface area contributed by atoms with E-state index < -0.39 is 35.0 Å². The third kappa shape index (κ3) is 3.87. The van der Waals surface area contributed by atoms with Crippen LogP contribution in [0.4, 0.5) is 0 Å². The molecule has 0 aliphatic rings. The number of phenols is 2. The molecular formula is C16H17NO7S. The maximum absolute atomic E-state index is 12.1. The smallest absolute Gasteiger partial charge is 0.340 e. The van der Waals surface area contributed by atoms with Crippen LogP contribution >= 0.6 is 11.8 Å². The Morgan fingerprint density at radius 2 is 2.00 bits per heavy atom. The molecule has 0 saturated heterocycles. The van der Waals surface area contributed by atoms with Gasteiger partial charge in [-0.2, -0.15) is 11.8 Å². The first-order valence-corrected chi connectivity index (χ1v) is 8.64. The number of nitrogens with one attached hydrogen (secondary N) is 1. The molecule has 1 aromatic carbocycles. The van der Waals surface area contributed by atoms with Gasteiger partial charge in [0.25, 0.3) is 0 Å². The molecule has 1 heterocycles. The summed E-state index contributed by atoms with van der Waals surface area (Å²) in [6, 6.07) is 1.64. The predicted molar refractivity (Wildman–Crippen MR) is 92.2 cm³/mol. The third-order valence-corrected chi connectivity index (χ3v) is 4.38. The lowest BCUT2D eigenvalue weighted by molar-refractivity contribution is -0.141. The number of amides is 1. The van der Waals surface area contributed by atoms with Gasteiger partial charge in [-0.05, 0) is 30.9 Å². The van der Waals surface area contributed by atoms with Crippen molar-refractivity contribution in [1.29, 1.82) is 0 Å². The zero-order valence-electron chi connectivity index (χ0n) is 13.5. The Hall–Kier alpha value is -2.68. The normalized spacial score (nSPS) is 12.1. The minimum Gasteiger partial charge on any atom is -0.504 e. The van der Waals surface area contributed by atoms with Crippen LogP contribution in [0.3, 0.4) is 0 Å². The van der Waals surface area contributed by atoms with E-state index in [0.717, 1.165) is 0 Å². The Labute approximate surface area is 146 Å². The highest BCUT2D eigenvalue weighted by Crippen LogP contribution is 2.34. The van der Waals surface area contributed by atoms with Crippen LogP contribution < -0.4 is 10.9 Å². The second-order valence-corrected chi connectivity index (χ2v) is 6.30. The zero-order valence-corrected chi connectivity index (χ0v) is 14.3. The molecule has 1 atom stereocenters. The molecule has 2 aromatic rings. The summed E-state index contributed by atoms with van der Waals surface area (Å²) in [4.78, 5) is 35.3. The molecule has 134 valence electrons. The molecule has 0 unspecified atom stereocenters. The monoisotopic (exact) mass is 367 g/mol. The molecule has 0 aliphatic heterocycles. The second-order valence-electron chi connectivity index (χ2n) is 5.39. The highest BCUT2D eigenvalue weighted by Gasteiger charge is 2.22. The zero-order chi connectivity index (χ0) is 18.7. The maximum Gasteiger partial charge on any atom is 0.340 e. The standard InChI is InChI=1S/C16H17NO7S/c1-7-8-3-4-11(18)13(20)14(8)24-16(23)9(7)5-12(19)17-10(6-25-2)15(21)22/h3-4,10,18,20H,5-6H2,1-2H3,(H,17,19)(H,21,22)/t10-/m0/s1. The first-order chi connectivity index (χ1) is 11.8. The van der Waals surface area contributed by atoms with Gasteiger partial charge in [-0.1, -0.05) is 0 Å². The van der Waals surface area contributed by atoms with Crippen molar-refractivity contribution < 1.29 is 29.3 Å². The van der Waals surface area contributed by atoms with Crippen molar-refractivity contribution in [1.82, 2.24) is 5.32 Å². The third-order valence-electron chi connectivity index (χ3n) is 3.71. The number of benzene rings is 1. The number of aliphatic carboxylic acids is 1. The molecule has 9 heteroatoms. The lowest BCUT2D eigenvalue weighted by Crippen LogP contribution is -2.43. The fourth-order valence-corrected chi connectivity index (χ4v) is 2.94. The Kier molecular flexibility index (Phi) is 5.58. The Morgan fingerprint density at radius 1 is 1.32 bits per heavy atom. The first kappa shape index (κ1) is 18.7. The van der Waals surface area contributed by atoms with Crippen molar-refractivity contribution in [2.75, 3.05) is 12.0 Å². The number of carboxylic acid groups (broad SMARTS) is 1. The number of carbonyl (C=O) groups excluding carboxylic acids is 1. The summed E-state index contributed by atoms with van der Waals surface area (Å²) in [5.41, 5.74) is -0.535. The largest absolute Gasteiger partial charge is 0.504 e. The fourth-order valence-electron chi connectivity index (χ4n) is 2.38. The molecule has 0 bridgehead atoms.